The van der Waals surface area contributed by atoms with E-state index < -0.39 is 12.5 Å². The van der Waals surface area contributed by atoms with Crippen molar-refractivity contribution in [2.24, 2.45) is 5.92 Å². The van der Waals surface area contributed by atoms with Gasteiger partial charge in [-0.05, 0) is 25.3 Å². The van der Waals surface area contributed by atoms with Crippen molar-refractivity contribution in [2.45, 2.75) is 52.5 Å². The van der Waals surface area contributed by atoms with Crippen molar-refractivity contribution in [1.29, 1.82) is 0 Å². The van der Waals surface area contributed by atoms with Gasteiger partial charge in [-0.3, -0.25) is 0 Å². The van der Waals surface area contributed by atoms with Crippen LogP contribution in [0.5, 0.6) is 0 Å². The minimum atomic E-state index is -2.24. The zero-order chi connectivity index (χ0) is 10.3. The fraction of sp³-hybridized carbons (Fsp3) is 1.00. The summed E-state index contributed by atoms with van der Waals surface area (Å²) in [6, 6.07) is -0.625. The molecule has 0 aliphatic rings. The molecule has 0 radical (unpaired) electrons. The molecular weight excluding hydrogens is 172 g/mol. The Kier molecular flexibility index (Phi) is 7.14. The van der Waals surface area contributed by atoms with E-state index in [0.29, 0.717) is 6.54 Å². The second-order valence-electron chi connectivity index (χ2n) is 3.58. The Morgan fingerprint density at radius 3 is 2.15 bits per heavy atom. The fourth-order valence-electron chi connectivity index (χ4n) is 1.48. The molecule has 0 aromatic heterocycles. The topological polar surface area (TPSA) is 12.0 Å². The molecule has 0 amide bonds. The molecular formula is C10H21F2N. The second-order valence-corrected chi connectivity index (χ2v) is 3.58. The summed E-state index contributed by atoms with van der Waals surface area (Å²) in [7, 11) is 0. The molecule has 2 unspecified atom stereocenters. The van der Waals surface area contributed by atoms with Crippen LogP contribution in [0.2, 0.25) is 0 Å². The molecule has 0 aliphatic heterocycles. The lowest BCUT2D eigenvalue weighted by Crippen LogP contribution is -2.41. The molecule has 0 saturated heterocycles. The predicted molar refractivity (Wildman–Crippen MR) is 52.2 cm³/mol. The van der Waals surface area contributed by atoms with Gasteiger partial charge in [0.25, 0.3) is 6.43 Å². The van der Waals surface area contributed by atoms with Gasteiger partial charge >= 0.3 is 0 Å². The molecule has 0 saturated carbocycles. The van der Waals surface area contributed by atoms with Gasteiger partial charge in [0.15, 0.2) is 0 Å². The van der Waals surface area contributed by atoms with E-state index in [1.807, 2.05) is 20.8 Å². The molecule has 0 heterocycles. The van der Waals surface area contributed by atoms with E-state index >= 15 is 0 Å². The molecule has 0 fully saturated rings. The van der Waals surface area contributed by atoms with E-state index in [1.54, 1.807) is 0 Å². The maximum atomic E-state index is 12.5. The third-order valence-corrected chi connectivity index (χ3v) is 2.26. The predicted octanol–water partition coefficient (Wildman–Crippen LogP) is 3.06. The van der Waals surface area contributed by atoms with Crippen LogP contribution in [0.25, 0.3) is 0 Å². The van der Waals surface area contributed by atoms with Crippen molar-refractivity contribution in [3.05, 3.63) is 0 Å². The third kappa shape index (κ3) is 5.19. The average Bonchev–Trinajstić information content (AvgIpc) is 2.05. The van der Waals surface area contributed by atoms with E-state index in [0.717, 1.165) is 19.3 Å². The van der Waals surface area contributed by atoms with Crippen molar-refractivity contribution in [2.75, 3.05) is 6.54 Å². The number of rotatable bonds is 7. The summed E-state index contributed by atoms with van der Waals surface area (Å²) in [6.45, 7) is 6.59. The molecule has 0 bridgehead atoms. The number of nitrogens with one attached hydrogen (secondary N) is 1. The van der Waals surface area contributed by atoms with Gasteiger partial charge in [0.05, 0.1) is 6.04 Å². The Balaban J connectivity index is 3.91. The van der Waals surface area contributed by atoms with Crippen LogP contribution in [0.3, 0.4) is 0 Å². The molecule has 13 heavy (non-hydrogen) atoms. The lowest BCUT2D eigenvalue weighted by atomic mass is 9.97. The summed E-state index contributed by atoms with van der Waals surface area (Å²) in [5, 5.41) is 2.90. The van der Waals surface area contributed by atoms with Gasteiger partial charge < -0.3 is 5.32 Å². The lowest BCUT2D eigenvalue weighted by Gasteiger charge is -2.23. The zero-order valence-electron chi connectivity index (χ0n) is 8.82. The quantitative estimate of drug-likeness (QED) is 0.655. The number of hydrogen-bond donors (Lipinski definition) is 1. The lowest BCUT2D eigenvalue weighted by molar-refractivity contribution is 0.0706. The second kappa shape index (κ2) is 7.25. The molecule has 80 valence electrons. The van der Waals surface area contributed by atoms with Gasteiger partial charge in [-0.2, -0.15) is 0 Å². The van der Waals surface area contributed by atoms with Gasteiger partial charge in [0.2, 0.25) is 0 Å². The molecule has 1 N–H and O–H groups in total. The highest BCUT2D eigenvalue weighted by molar-refractivity contribution is 4.75. The van der Waals surface area contributed by atoms with E-state index in [1.165, 1.54) is 0 Å². The van der Waals surface area contributed by atoms with Gasteiger partial charge in [0, 0.05) is 0 Å². The van der Waals surface area contributed by atoms with Crippen LogP contribution in [0, 0.1) is 5.92 Å². The first kappa shape index (κ1) is 12.8. The summed E-state index contributed by atoms with van der Waals surface area (Å²) < 4.78 is 25.1. The highest BCUT2D eigenvalue weighted by Crippen LogP contribution is 2.16. The van der Waals surface area contributed by atoms with Gasteiger partial charge in [-0.25, -0.2) is 8.78 Å². The minimum Gasteiger partial charge on any atom is -0.309 e. The van der Waals surface area contributed by atoms with Crippen molar-refractivity contribution < 1.29 is 8.78 Å². The molecule has 1 nitrogen and oxygen atoms in total. The third-order valence-electron chi connectivity index (χ3n) is 2.26. The summed E-state index contributed by atoms with van der Waals surface area (Å²) in [6.07, 6.45) is 0.500. The largest absolute Gasteiger partial charge is 0.309 e. The Morgan fingerprint density at radius 1 is 1.15 bits per heavy atom. The maximum Gasteiger partial charge on any atom is 0.253 e. The van der Waals surface area contributed by atoms with Gasteiger partial charge in [-0.1, -0.05) is 27.2 Å². The van der Waals surface area contributed by atoms with Crippen molar-refractivity contribution in [3.8, 4) is 0 Å². The number of hydrogen-bond acceptors (Lipinski definition) is 1. The SMILES string of the molecule is CCCNC(C(F)F)C(C)CCC. The van der Waals surface area contributed by atoms with E-state index in [9.17, 15) is 8.78 Å². The van der Waals surface area contributed by atoms with E-state index in [-0.39, 0.29) is 5.92 Å². The molecule has 0 aliphatic carbocycles. The zero-order valence-corrected chi connectivity index (χ0v) is 8.82. The number of halogens is 2. The van der Waals surface area contributed by atoms with Crippen molar-refractivity contribution >= 4 is 0 Å². The summed E-state index contributed by atoms with van der Waals surface area (Å²) >= 11 is 0. The molecule has 0 aromatic rings. The van der Waals surface area contributed by atoms with Crippen LogP contribution in [-0.4, -0.2) is 19.0 Å². The Labute approximate surface area is 79.9 Å². The molecule has 0 rings (SSSR count). The van der Waals surface area contributed by atoms with Crippen molar-refractivity contribution in [1.82, 2.24) is 5.32 Å². The monoisotopic (exact) mass is 193 g/mol. The van der Waals surface area contributed by atoms with Crippen molar-refractivity contribution in [3.63, 3.8) is 0 Å². The van der Waals surface area contributed by atoms with Crippen LogP contribution >= 0.6 is 0 Å². The first-order valence-corrected chi connectivity index (χ1v) is 5.15. The first-order chi connectivity index (χ1) is 6.13. The van der Waals surface area contributed by atoms with Crippen LogP contribution in [-0.2, 0) is 0 Å². The number of alkyl halides is 2. The molecule has 0 aromatic carbocycles. The smallest absolute Gasteiger partial charge is 0.253 e. The molecule has 0 spiro atoms. The fourth-order valence-corrected chi connectivity index (χ4v) is 1.48. The first-order valence-electron chi connectivity index (χ1n) is 5.15. The van der Waals surface area contributed by atoms with E-state index in [4.69, 9.17) is 0 Å². The Hall–Kier alpha value is -0.180. The normalized spacial score (nSPS) is 16.2. The van der Waals surface area contributed by atoms with E-state index in [2.05, 4.69) is 5.32 Å². The van der Waals surface area contributed by atoms with Gasteiger partial charge in [-0.15, -0.1) is 0 Å². The highest BCUT2D eigenvalue weighted by Gasteiger charge is 2.24. The van der Waals surface area contributed by atoms with Crippen LogP contribution < -0.4 is 5.32 Å². The minimum absolute atomic E-state index is 0.0662. The average molecular weight is 193 g/mol. The standard InChI is InChI=1S/C10H21F2N/c1-4-6-8(3)9(10(11)12)13-7-5-2/h8-10,13H,4-7H2,1-3H3. The van der Waals surface area contributed by atoms with Crippen LogP contribution in [0.4, 0.5) is 8.78 Å². The molecule has 2 atom stereocenters. The Morgan fingerprint density at radius 2 is 1.77 bits per heavy atom. The summed E-state index contributed by atoms with van der Waals surface area (Å²) in [5.41, 5.74) is 0. The van der Waals surface area contributed by atoms with Crippen LogP contribution in [0.1, 0.15) is 40.0 Å². The highest BCUT2D eigenvalue weighted by atomic mass is 19.3. The maximum absolute atomic E-state index is 12.5. The summed E-state index contributed by atoms with van der Waals surface area (Å²) in [5.74, 6) is 0.0662. The van der Waals surface area contributed by atoms with Gasteiger partial charge in [0.1, 0.15) is 0 Å². The molecule has 3 heteroatoms. The van der Waals surface area contributed by atoms with Crippen LogP contribution in [0.15, 0.2) is 0 Å². The Bertz CT molecular complexity index is 117. The summed E-state index contributed by atoms with van der Waals surface area (Å²) in [4.78, 5) is 0.